The van der Waals surface area contributed by atoms with Crippen LogP contribution in [0, 0.1) is 73.1 Å². The van der Waals surface area contributed by atoms with Gasteiger partial charge in [-0.1, -0.05) is 84.5 Å². The Morgan fingerprint density at radius 1 is 0.484 bits per heavy atom. The van der Waals surface area contributed by atoms with Gasteiger partial charge in [0.05, 0.1) is 38.4 Å². The van der Waals surface area contributed by atoms with E-state index in [9.17, 15) is 16.8 Å². The minimum Gasteiger partial charge on any atom is -0.508 e. The fourth-order valence-corrected chi connectivity index (χ4v) is 8.04. The molecule has 0 fully saturated rings. The number of rotatable bonds is 15. The van der Waals surface area contributed by atoms with Crippen molar-refractivity contribution in [3.05, 3.63) is 111 Å². The van der Waals surface area contributed by atoms with E-state index in [1.54, 1.807) is 12.1 Å². The summed E-state index contributed by atoms with van der Waals surface area (Å²) in [5.74, 6) is 3.09. The van der Waals surface area contributed by atoms with Crippen LogP contribution in [0.15, 0.2) is 66.4 Å². The third-order valence-electron chi connectivity index (χ3n) is 8.72. The SMILES string of the molecule is Cc1cc(O)cc(C)c1Br.Cc1cc(OC[C@@H](C)CO)cc(C)c1Br.Cc1cc(OC[C@@H](C)COS(C)(=O)=O)cc(C)c1Br.Cc1cc(OC[C@@H](C)CS(C)(=O)=O)cc(C)c1Br. The molecule has 0 bridgehead atoms. The fraction of sp³-hybridized carbons (Fsp3) is 0.478. The van der Waals surface area contributed by atoms with Gasteiger partial charge in [-0.25, -0.2) is 8.42 Å². The van der Waals surface area contributed by atoms with Crippen molar-refractivity contribution in [3.8, 4) is 23.0 Å². The average Bonchev–Trinajstić information content (AvgIpc) is 3.16. The molecule has 3 atom stereocenters. The number of aryl methyl sites for hydroxylation is 8. The highest BCUT2D eigenvalue weighted by Gasteiger charge is 2.13. The summed E-state index contributed by atoms with van der Waals surface area (Å²) in [5, 5.41) is 18.0. The molecule has 0 saturated heterocycles. The number of aliphatic hydroxyl groups is 1. The zero-order valence-electron chi connectivity index (χ0n) is 38.1. The minimum atomic E-state index is -3.38. The molecule has 0 radical (unpaired) electrons. The first-order valence-corrected chi connectivity index (χ1v) is 26.9. The second kappa shape index (κ2) is 27.3. The van der Waals surface area contributed by atoms with Crippen LogP contribution in [0.4, 0.5) is 0 Å². The quantitative estimate of drug-likeness (QED) is 0.110. The Morgan fingerprint density at radius 2 is 0.758 bits per heavy atom. The van der Waals surface area contributed by atoms with Crippen LogP contribution < -0.4 is 14.2 Å². The Bertz CT molecular complexity index is 2190. The summed E-state index contributed by atoms with van der Waals surface area (Å²) in [4.78, 5) is 0. The first-order valence-electron chi connectivity index (χ1n) is 19.8. The smallest absolute Gasteiger partial charge is 0.264 e. The van der Waals surface area contributed by atoms with Gasteiger partial charge in [-0.3, -0.25) is 4.18 Å². The number of sulfone groups is 1. The lowest BCUT2D eigenvalue weighted by molar-refractivity contribution is 0.174. The molecule has 0 aliphatic carbocycles. The second-order valence-electron chi connectivity index (χ2n) is 16.0. The summed E-state index contributed by atoms with van der Waals surface area (Å²) in [7, 11) is -6.32. The number of halogens is 4. The van der Waals surface area contributed by atoms with E-state index in [1.165, 1.54) is 17.4 Å². The van der Waals surface area contributed by atoms with E-state index in [0.29, 0.717) is 25.6 Å². The number of benzene rings is 4. The lowest BCUT2D eigenvalue weighted by atomic mass is 10.1. The average molecular weight is 1160 g/mol. The van der Waals surface area contributed by atoms with E-state index in [0.717, 1.165) is 74.8 Å². The molecule has 0 unspecified atom stereocenters. The largest absolute Gasteiger partial charge is 0.508 e. The molecule has 4 rings (SSSR count). The Kier molecular flexibility index (Phi) is 25.5. The van der Waals surface area contributed by atoms with Gasteiger partial charge >= 0.3 is 0 Å². The standard InChI is InChI=1S/C13H19BrO4S.C13H19BrO3S.C12H17BrO2.C8H9BrO/c1-9(8-18-19(4,15)16)7-17-12-5-10(2)13(14)11(3)6-12;1-9(8-18(4,15)16)7-17-12-5-10(2)13(14)11(3)6-12;1-8(6-14)7-15-11-4-9(2)12(13)10(3)5-11;1-5-3-7(10)4-6(2)8(5)9/h5-6,9H,7-8H2,1-4H3;5-6,9H,7-8H2,1-4H3;4-5,8,14H,6-7H2,1-3H3;3-4,10H,1-2H3/t2*9-;8-;/m110./s1. The summed E-state index contributed by atoms with van der Waals surface area (Å²) in [6, 6.07) is 15.3. The lowest BCUT2D eigenvalue weighted by Gasteiger charge is -2.14. The van der Waals surface area contributed by atoms with E-state index in [4.69, 9.17) is 28.6 Å². The Hall–Kier alpha value is -2.18. The highest BCUT2D eigenvalue weighted by Crippen LogP contribution is 2.29. The fourth-order valence-electron chi connectivity index (χ4n) is 5.51. The molecule has 4 aromatic rings. The van der Waals surface area contributed by atoms with Crippen LogP contribution in [0.2, 0.25) is 0 Å². The third-order valence-corrected chi connectivity index (χ3v) is 15.5. The van der Waals surface area contributed by atoms with E-state index in [2.05, 4.69) is 63.7 Å². The molecule has 2 N–H and O–H groups in total. The van der Waals surface area contributed by atoms with Gasteiger partial charge in [-0.2, -0.15) is 8.42 Å². The first kappa shape index (κ1) is 57.8. The van der Waals surface area contributed by atoms with Gasteiger partial charge in [-0.15, -0.1) is 0 Å². The molecular weight excluding hydrogens is 1100 g/mol. The molecule has 16 heteroatoms. The van der Waals surface area contributed by atoms with E-state index >= 15 is 0 Å². The highest BCUT2D eigenvalue weighted by molar-refractivity contribution is 9.11. The molecule has 0 saturated carbocycles. The van der Waals surface area contributed by atoms with Crippen LogP contribution in [0.5, 0.6) is 23.0 Å². The van der Waals surface area contributed by atoms with Crippen LogP contribution in [0.3, 0.4) is 0 Å². The summed E-state index contributed by atoms with van der Waals surface area (Å²) in [6.07, 6.45) is 2.29. The topological polar surface area (TPSA) is 146 Å². The predicted molar refractivity (Wildman–Crippen MR) is 268 cm³/mol. The highest BCUT2D eigenvalue weighted by atomic mass is 79.9. The van der Waals surface area contributed by atoms with Crippen LogP contribution in [0.1, 0.15) is 65.3 Å². The second-order valence-corrected chi connectivity index (χ2v) is 23.0. The first-order chi connectivity index (χ1) is 28.5. The molecule has 0 amide bonds. The zero-order valence-corrected chi connectivity index (χ0v) is 46.1. The van der Waals surface area contributed by atoms with Crippen LogP contribution in [-0.2, 0) is 24.1 Å². The van der Waals surface area contributed by atoms with Gasteiger partial charge in [0.1, 0.15) is 32.8 Å². The summed E-state index contributed by atoms with van der Waals surface area (Å²) in [5.41, 5.74) is 8.91. The van der Waals surface area contributed by atoms with Crippen molar-refractivity contribution in [2.45, 2.75) is 76.2 Å². The van der Waals surface area contributed by atoms with Crippen molar-refractivity contribution in [2.75, 3.05) is 51.3 Å². The molecule has 0 aliphatic heterocycles. The summed E-state index contributed by atoms with van der Waals surface area (Å²) in [6.45, 7) is 23.4. The van der Waals surface area contributed by atoms with Crippen LogP contribution in [0.25, 0.3) is 0 Å². The Morgan fingerprint density at radius 3 is 1.03 bits per heavy atom. The van der Waals surface area contributed by atoms with E-state index < -0.39 is 20.0 Å². The number of hydrogen-bond acceptors (Lipinski definition) is 10. The van der Waals surface area contributed by atoms with Crippen molar-refractivity contribution in [1.82, 2.24) is 0 Å². The number of phenolic OH excluding ortho intramolecular Hbond substituents is 1. The number of hydrogen-bond donors (Lipinski definition) is 2. The number of aliphatic hydroxyl groups excluding tert-OH is 1. The van der Waals surface area contributed by atoms with Gasteiger partial charge in [0.2, 0.25) is 0 Å². The molecule has 0 aromatic heterocycles. The van der Waals surface area contributed by atoms with Gasteiger partial charge in [0.15, 0.2) is 0 Å². The van der Waals surface area contributed by atoms with Gasteiger partial charge < -0.3 is 24.4 Å². The van der Waals surface area contributed by atoms with E-state index in [-0.39, 0.29) is 36.7 Å². The maximum atomic E-state index is 11.1. The minimum absolute atomic E-state index is 0.000941. The van der Waals surface area contributed by atoms with Crippen LogP contribution in [-0.4, -0.2) is 78.3 Å². The number of aromatic hydroxyl groups is 1. The lowest BCUT2D eigenvalue weighted by Crippen LogP contribution is -2.18. The summed E-state index contributed by atoms with van der Waals surface area (Å²) >= 11 is 13.9. The van der Waals surface area contributed by atoms with Crippen molar-refractivity contribution in [2.24, 2.45) is 17.8 Å². The third kappa shape index (κ3) is 23.1. The van der Waals surface area contributed by atoms with Crippen molar-refractivity contribution in [1.29, 1.82) is 0 Å². The molecule has 348 valence electrons. The molecule has 62 heavy (non-hydrogen) atoms. The Balaban J connectivity index is 0.000000422. The zero-order chi connectivity index (χ0) is 47.7. The number of phenols is 1. The van der Waals surface area contributed by atoms with Gasteiger partial charge in [-0.05, 0) is 148 Å². The maximum absolute atomic E-state index is 11.1. The maximum Gasteiger partial charge on any atom is 0.264 e. The molecular formula is C46H64Br4O10S2. The molecule has 10 nitrogen and oxygen atoms in total. The van der Waals surface area contributed by atoms with E-state index in [1.807, 2.05) is 113 Å². The Labute approximate surface area is 405 Å². The van der Waals surface area contributed by atoms with Crippen molar-refractivity contribution in [3.63, 3.8) is 0 Å². The predicted octanol–water partition coefficient (Wildman–Crippen LogP) is 12.0. The van der Waals surface area contributed by atoms with Gasteiger partial charge in [0, 0.05) is 48.5 Å². The van der Waals surface area contributed by atoms with Crippen molar-refractivity contribution < 1.29 is 45.4 Å². The molecule has 0 spiro atoms. The number of ether oxygens (including phenoxy) is 3. The molecule has 0 aliphatic rings. The van der Waals surface area contributed by atoms with Gasteiger partial charge in [0.25, 0.3) is 10.1 Å². The molecule has 0 heterocycles. The normalized spacial score (nSPS) is 12.6. The molecule has 4 aromatic carbocycles. The van der Waals surface area contributed by atoms with Crippen LogP contribution >= 0.6 is 63.7 Å². The van der Waals surface area contributed by atoms with Crippen molar-refractivity contribution >= 4 is 83.7 Å². The summed E-state index contributed by atoms with van der Waals surface area (Å²) < 4.78 is 70.0. The monoisotopic (exact) mass is 1160 g/mol.